The van der Waals surface area contributed by atoms with Gasteiger partial charge in [-0.1, -0.05) is 13.8 Å². The van der Waals surface area contributed by atoms with Crippen LogP contribution in [0.4, 0.5) is 0 Å². The van der Waals surface area contributed by atoms with Gasteiger partial charge in [0, 0.05) is 36.4 Å². The zero-order chi connectivity index (χ0) is 18.7. The molecule has 3 rings (SSSR count). The molecule has 6 nitrogen and oxygen atoms in total. The van der Waals surface area contributed by atoms with Crippen molar-refractivity contribution in [1.29, 1.82) is 0 Å². The average Bonchev–Trinajstić information content (AvgIpc) is 2.63. The van der Waals surface area contributed by atoms with Crippen molar-refractivity contribution >= 4 is 21.7 Å². The molecule has 0 radical (unpaired) electrons. The lowest BCUT2D eigenvalue weighted by Gasteiger charge is -2.17. The van der Waals surface area contributed by atoms with Gasteiger partial charge in [-0.3, -0.25) is 9.78 Å². The van der Waals surface area contributed by atoms with Crippen LogP contribution >= 0.6 is 0 Å². The highest BCUT2D eigenvalue weighted by Gasteiger charge is 2.12. The van der Waals surface area contributed by atoms with Gasteiger partial charge in [0.1, 0.15) is 12.4 Å². The van der Waals surface area contributed by atoms with Crippen LogP contribution in [-0.4, -0.2) is 33.9 Å². The number of ether oxygens (including phenoxy) is 1. The van der Waals surface area contributed by atoms with Crippen molar-refractivity contribution < 1.29 is 9.84 Å². The number of nitrogens with zero attached hydrogens (tertiary/aromatic N) is 2. The Labute approximate surface area is 152 Å². The van der Waals surface area contributed by atoms with E-state index in [1.807, 2.05) is 24.3 Å². The van der Waals surface area contributed by atoms with E-state index in [0.717, 1.165) is 22.7 Å². The third-order valence-electron chi connectivity index (χ3n) is 4.41. The van der Waals surface area contributed by atoms with Crippen LogP contribution < -0.4 is 16.0 Å². The lowest BCUT2D eigenvalue weighted by molar-refractivity contribution is 0.270. The van der Waals surface area contributed by atoms with Gasteiger partial charge >= 0.3 is 0 Å². The van der Waals surface area contributed by atoms with Crippen LogP contribution in [0.15, 0.2) is 41.5 Å². The van der Waals surface area contributed by atoms with E-state index >= 15 is 0 Å². The Morgan fingerprint density at radius 2 is 2.04 bits per heavy atom. The molecule has 2 heterocycles. The summed E-state index contributed by atoms with van der Waals surface area (Å²) in [6.07, 6.45) is 4.13. The fraction of sp³-hybridized carbons (Fsp3) is 0.400. The monoisotopic (exact) mass is 355 g/mol. The van der Waals surface area contributed by atoms with E-state index in [2.05, 4.69) is 18.8 Å². The molecular formula is C20H25N3O3. The molecule has 0 unspecified atom stereocenters. The Hall–Kier alpha value is -2.44. The summed E-state index contributed by atoms with van der Waals surface area (Å²) in [7, 11) is 0. The number of aliphatic hydroxyl groups is 1. The first kappa shape index (κ1) is 18.4. The molecule has 0 spiro atoms. The number of benzene rings is 1. The van der Waals surface area contributed by atoms with Crippen LogP contribution in [0.3, 0.4) is 0 Å². The van der Waals surface area contributed by atoms with Gasteiger partial charge in [0.25, 0.3) is 5.56 Å². The molecule has 3 N–H and O–H groups in total. The molecule has 26 heavy (non-hydrogen) atoms. The smallest absolute Gasteiger partial charge is 0.260 e. The fourth-order valence-electron chi connectivity index (χ4n) is 3.31. The van der Waals surface area contributed by atoms with Gasteiger partial charge in [-0.2, -0.15) is 0 Å². The summed E-state index contributed by atoms with van der Waals surface area (Å²) in [5.74, 6) is 1.18. The van der Waals surface area contributed by atoms with E-state index in [1.165, 1.54) is 0 Å². The number of aromatic nitrogens is 2. The molecular weight excluding hydrogens is 330 g/mol. The molecule has 2 aromatic heterocycles. The van der Waals surface area contributed by atoms with Gasteiger partial charge < -0.3 is 20.1 Å². The van der Waals surface area contributed by atoms with Gasteiger partial charge in [-0.05, 0) is 35.9 Å². The summed E-state index contributed by atoms with van der Waals surface area (Å²) in [5, 5.41) is 11.7. The topological polar surface area (TPSA) is 90.4 Å². The quantitative estimate of drug-likeness (QED) is 0.635. The van der Waals surface area contributed by atoms with Crippen molar-refractivity contribution in [3.05, 3.63) is 47.0 Å². The second-order valence-corrected chi connectivity index (χ2v) is 6.98. The number of rotatable bonds is 7. The molecule has 0 bridgehead atoms. The fourth-order valence-corrected chi connectivity index (χ4v) is 3.31. The van der Waals surface area contributed by atoms with Crippen molar-refractivity contribution in [3.63, 3.8) is 0 Å². The lowest BCUT2D eigenvalue weighted by Crippen LogP contribution is -2.29. The van der Waals surface area contributed by atoms with Crippen LogP contribution in [0.1, 0.15) is 20.3 Å². The predicted octanol–water partition coefficient (Wildman–Crippen LogP) is 2.29. The first-order valence-electron chi connectivity index (χ1n) is 8.90. The highest BCUT2D eigenvalue weighted by atomic mass is 16.5. The molecule has 3 aromatic rings. The lowest BCUT2D eigenvalue weighted by atomic mass is 10.1. The van der Waals surface area contributed by atoms with Crippen LogP contribution in [0, 0.1) is 5.92 Å². The highest BCUT2D eigenvalue weighted by molar-refractivity contribution is 6.05. The van der Waals surface area contributed by atoms with Crippen molar-refractivity contribution in [2.75, 3.05) is 13.2 Å². The van der Waals surface area contributed by atoms with Crippen LogP contribution in [0.2, 0.25) is 0 Å². The third kappa shape index (κ3) is 3.71. The maximum absolute atomic E-state index is 12.8. The summed E-state index contributed by atoms with van der Waals surface area (Å²) >= 11 is 0. The first-order chi connectivity index (χ1) is 12.5. The van der Waals surface area contributed by atoms with E-state index in [4.69, 9.17) is 10.5 Å². The molecule has 0 amide bonds. The summed E-state index contributed by atoms with van der Waals surface area (Å²) < 4.78 is 7.42. The highest BCUT2D eigenvalue weighted by Crippen LogP contribution is 2.26. The number of aliphatic hydroxyl groups excluding tert-OH is 1. The minimum Gasteiger partial charge on any atom is -0.492 e. The molecule has 0 saturated heterocycles. The summed E-state index contributed by atoms with van der Waals surface area (Å²) in [6.45, 7) is 4.78. The summed E-state index contributed by atoms with van der Waals surface area (Å²) in [6, 6.07) is 7.47. The number of hydrogen-bond donors (Lipinski definition) is 2. The summed E-state index contributed by atoms with van der Waals surface area (Å²) in [4.78, 5) is 16.8. The molecule has 0 aliphatic rings. The van der Waals surface area contributed by atoms with Crippen molar-refractivity contribution in [2.45, 2.75) is 32.9 Å². The molecule has 0 saturated carbocycles. The zero-order valence-electron chi connectivity index (χ0n) is 15.2. The number of fused-ring (bicyclic) bond motifs is 3. The first-order valence-corrected chi connectivity index (χ1v) is 8.90. The molecule has 0 fully saturated rings. The van der Waals surface area contributed by atoms with Crippen LogP contribution in [0.25, 0.3) is 21.7 Å². The SMILES string of the molecule is CC(C)C[C@H](N)COc1ccc2c3ccncc3c(=O)n(CCO)c2c1. The normalized spacial score (nSPS) is 12.8. The van der Waals surface area contributed by atoms with Crippen molar-refractivity contribution in [3.8, 4) is 5.75 Å². The van der Waals surface area contributed by atoms with Crippen LogP contribution in [0.5, 0.6) is 5.75 Å². The van der Waals surface area contributed by atoms with E-state index < -0.39 is 0 Å². The molecule has 0 aliphatic carbocycles. The van der Waals surface area contributed by atoms with Gasteiger partial charge in [-0.25, -0.2) is 0 Å². The van der Waals surface area contributed by atoms with Gasteiger partial charge in [-0.15, -0.1) is 0 Å². The average molecular weight is 355 g/mol. The molecule has 6 heteroatoms. The van der Waals surface area contributed by atoms with E-state index in [-0.39, 0.29) is 24.8 Å². The van der Waals surface area contributed by atoms with Gasteiger partial charge in [0.15, 0.2) is 0 Å². The van der Waals surface area contributed by atoms with E-state index in [1.54, 1.807) is 17.0 Å². The molecule has 1 atom stereocenters. The molecule has 0 aliphatic heterocycles. The number of nitrogens with two attached hydrogens (primary N) is 1. The Morgan fingerprint density at radius 3 is 2.77 bits per heavy atom. The minimum absolute atomic E-state index is 0.0343. The Morgan fingerprint density at radius 1 is 1.23 bits per heavy atom. The standard InChI is InChI=1S/C20H25N3O3/c1-13(2)9-14(21)12-26-15-3-4-17-16-5-6-22-11-18(16)20(25)23(7-8-24)19(17)10-15/h3-6,10-11,13-14,24H,7-9,12,21H2,1-2H3/t14-/m0/s1. The van der Waals surface area contributed by atoms with E-state index in [9.17, 15) is 9.90 Å². The van der Waals surface area contributed by atoms with Gasteiger partial charge in [0.05, 0.1) is 17.5 Å². The summed E-state index contributed by atoms with van der Waals surface area (Å²) in [5.41, 5.74) is 6.66. The van der Waals surface area contributed by atoms with Crippen molar-refractivity contribution in [1.82, 2.24) is 9.55 Å². The van der Waals surface area contributed by atoms with E-state index in [0.29, 0.717) is 23.7 Å². The predicted molar refractivity (Wildman–Crippen MR) is 104 cm³/mol. The van der Waals surface area contributed by atoms with Crippen molar-refractivity contribution in [2.24, 2.45) is 11.7 Å². The maximum Gasteiger partial charge on any atom is 0.260 e. The number of hydrogen-bond acceptors (Lipinski definition) is 5. The zero-order valence-corrected chi connectivity index (χ0v) is 15.2. The Balaban J connectivity index is 2.04. The minimum atomic E-state index is -0.164. The third-order valence-corrected chi connectivity index (χ3v) is 4.41. The number of pyridine rings is 2. The largest absolute Gasteiger partial charge is 0.492 e. The maximum atomic E-state index is 12.8. The second-order valence-electron chi connectivity index (χ2n) is 6.98. The van der Waals surface area contributed by atoms with Crippen LogP contribution in [-0.2, 0) is 6.54 Å². The second kappa shape index (κ2) is 7.85. The molecule has 138 valence electrons. The molecule has 1 aromatic carbocycles. The Kier molecular flexibility index (Phi) is 5.54. The Bertz CT molecular complexity index is 966. The van der Waals surface area contributed by atoms with Gasteiger partial charge in [0.2, 0.25) is 0 Å².